The van der Waals surface area contributed by atoms with Gasteiger partial charge in [-0.1, -0.05) is 23.8 Å². The zero-order chi connectivity index (χ0) is 20.2. The van der Waals surface area contributed by atoms with Crippen LogP contribution in [0.3, 0.4) is 0 Å². The highest BCUT2D eigenvalue weighted by atomic mass is 32.1. The van der Waals surface area contributed by atoms with E-state index in [1.54, 1.807) is 61.0 Å². The summed E-state index contributed by atoms with van der Waals surface area (Å²) in [5, 5.41) is 21.2. The summed E-state index contributed by atoms with van der Waals surface area (Å²) in [7, 11) is 1.58. The average molecular weight is 409 g/mol. The fourth-order valence-corrected chi connectivity index (χ4v) is 3.18. The van der Waals surface area contributed by atoms with Crippen LogP contribution < -0.4 is 15.3 Å². The van der Waals surface area contributed by atoms with E-state index in [9.17, 15) is 9.90 Å². The molecule has 0 bridgehead atoms. The minimum absolute atomic E-state index is 0.270. The summed E-state index contributed by atoms with van der Waals surface area (Å²) >= 11 is 1.18. The van der Waals surface area contributed by atoms with Crippen LogP contribution in [-0.2, 0) is 4.84 Å². The second-order valence-electron chi connectivity index (χ2n) is 5.77. The number of aromatic nitrogens is 1. The minimum Gasteiger partial charge on any atom is -0.497 e. The number of aliphatic hydroxyl groups excluding tert-OH is 1. The second-order valence-corrected chi connectivity index (χ2v) is 6.60. The normalized spacial score (nSPS) is 13.8. The molecule has 4 rings (SSSR count). The van der Waals surface area contributed by atoms with Crippen molar-refractivity contribution in [3.63, 3.8) is 0 Å². The molecule has 1 aromatic heterocycles. The molecule has 9 nitrogen and oxygen atoms in total. The van der Waals surface area contributed by atoms with Gasteiger partial charge in [0.1, 0.15) is 11.4 Å². The summed E-state index contributed by atoms with van der Waals surface area (Å²) in [5.74, 6) is -0.104. The van der Waals surface area contributed by atoms with Crippen molar-refractivity contribution in [1.82, 2.24) is 10.6 Å². The number of hydrogen-bond acceptors (Lipinski definition) is 9. The molecule has 1 amide bonds. The van der Waals surface area contributed by atoms with Crippen molar-refractivity contribution < 1.29 is 19.5 Å². The minimum atomic E-state index is -0.463. The van der Waals surface area contributed by atoms with Crippen molar-refractivity contribution in [2.45, 2.75) is 0 Å². The summed E-state index contributed by atoms with van der Waals surface area (Å²) in [6, 6.07) is 15.8. The monoisotopic (exact) mass is 409 g/mol. The number of hydrogen-bond donors (Lipinski definition) is 2. The van der Waals surface area contributed by atoms with Crippen LogP contribution in [0.15, 0.2) is 76.2 Å². The lowest BCUT2D eigenvalue weighted by Gasteiger charge is -2.17. The number of aliphatic hydroxyl groups is 1. The van der Waals surface area contributed by atoms with Gasteiger partial charge in [0, 0.05) is 10.9 Å². The number of hydrazine groups is 1. The molecule has 0 fully saturated rings. The maximum Gasteiger partial charge on any atom is 0.327 e. The number of azo groups is 1. The molecule has 146 valence electrons. The number of nitrogens with one attached hydrogen (secondary N) is 1. The van der Waals surface area contributed by atoms with Crippen molar-refractivity contribution in [2.75, 3.05) is 12.1 Å². The van der Waals surface area contributed by atoms with Gasteiger partial charge in [0.25, 0.3) is 5.91 Å². The van der Waals surface area contributed by atoms with E-state index in [0.717, 1.165) is 0 Å². The molecule has 2 aromatic carbocycles. The molecular weight excluding hydrogens is 394 g/mol. The molecular formula is C19H15N5O4S. The lowest BCUT2D eigenvalue weighted by atomic mass is 10.2. The maximum atomic E-state index is 12.0. The van der Waals surface area contributed by atoms with Gasteiger partial charge in [0.2, 0.25) is 5.13 Å². The highest BCUT2D eigenvalue weighted by molar-refractivity contribution is 7.13. The van der Waals surface area contributed by atoms with E-state index in [0.29, 0.717) is 28.4 Å². The molecule has 0 aliphatic carbocycles. The van der Waals surface area contributed by atoms with Crippen molar-refractivity contribution >= 4 is 33.8 Å². The molecule has 0 radical (unpaired) electrons. The number of thiazole rings is 1. The molecule has 0 unspecified atom stereocenters. The summed E-state index contributed by atoms with van der Waals surface area (Å²) < 4.78 is 5.15. The number of anilines is 1. The Bertz CT molecular complexity index is 1080. The molecule has 2 heterocycles. The van der Waals surface area contributed by atoms with Crippen LogP contribution in [0.4, 0.5) is 10.8 Å². The number of nitrogens with zero attached hydrogens (tertiary/aromatic N) is 4. The van der Waals surface area contributed by atoms with Crippen LogP contribution in [0.25, 0.3) is 5.70 Å². The molecule has 0 atom stereocenters. The van der Waals surface area contributed by atoms with Gasteiger partial charge in [0.15, 0.2) is 5.70 Å². The molecule has 29 heavy (non-hydrogen) atoms. The predicted octanol–water partition coefficient (Wildman–Crippen LogP) is 4.22. The molecule has 1 aliphatic heterocycles. The van der Waals surface area contributed by atoms with E-state index in [1.165, 1.54) is 16.3 Å². The van der Waals surface area contributed by atoms with E-state index in [4.69, 9.17) is 9.57 Å². The Kier molecular flexibility index (Phi) is 5.18. The van der Waals surface area contributed by atoms with Crippen molar-refractivity contribution in [3.8, 4) is 5.75 Å². The summed E-state index contributed by atoms with van der Waals surface area (Å²) in [6.07, 6.45) is 0. The average Bonchev–Trinajstić information content (AvgIpc) is 3.39. The third kappa shape index (κ3) is 3.93. The van der Waals surface area contributed by atoms with E-state index >= 15 is 0 Å². The highest BCUT2D eigenvalue weighted by Gasteiger charge is 2.29. The molecule has 0 saturated heterocycles. The zero-order valence-corrected chi connectivity index (χ0v) is 16.0. The number of benzene rings is 2. The first-order valence-electron chi connectivity index (χ1n) is 8.42. The van der Waals surface area contributed by atoms with Crippen LogP contribution in [-0.4, -0.2) is 23.1 Å². The molecule has 0 saturated carbocycles. The smallest absolute Gasteiger partial charge is 0.327 e. The fraction of sp³-hybridized carbons (Fsp3) is 0.0526. The van der Waals surface area contributed by atoms with E-state index in [1.807, 2.05) is 6.07 Å². The van der Waals surface area contributed by atoms with Crippen LogP contribution in [0, 0.1) is 0 Å². The van der Waals surface area contributed by atoms with Crippen LogP contribution in [0.1, 0.15) is 16.1 Å². The Balaban J connectivity index is 1.55. The molecule has 0 spiro atoms. The third-order valence-electron chi connectivity index (χ3n) is 3.97. The van der Waals surface area contributed by atoms with Gasteiger partial charge in [-0.2, -0.15) is 0 Å². The first-order valence-corrected chi connectivity index (χ1v) is 9.30. The van der Waals surface area contributed by atoms with Gasteiger partial charge < -0.3 is 14.7 Å². The summed E-state index contributed by atoms with van der Waals surface area (Å²) in [5.41, 5.74) is 4.47. The third-order valence-corrected chi connectivity index (χ3v) is 4.70. The van der Waals surface area contributed by atoms with E-state index in [-0.39, 0.29) is 11.1 Å². The largest absolute Gasteiger partial charge is 0.497 e. The first kappa shape index (κ1) is 18.6. The molecule has 1 aliphatic rings. The standard InChI is InChI=1S/C19H15N5O4S/c1-27-14-9-7-13(8-10-14)24-16(18(26)28-23-24)15-11-29-19(20-15)22-21-17(25)12-5-3-2-4-6-12/h2-11,23,26H,1H3. The molecule has 3 aromatic rings. The number of carbonyl (C=O) groups excluding carboxylic acids is 1. The van der Waals surface area contributed by atoms with Crippen LogP contribution in [0.5, 0.6) is 5.75 Å². The lowest BCUT2D eigenvalue weighted by molar-refractivity contribution is 0.0461. The van der Waals surface area contributed by atoms with Gasteiger partial charge in [-0.05, 0) is 36.4 Å². The van der Waals surface area contributed by atoms with Crippen molar-refractivity contribution in [3.05, 3.63) is 77.2 Å². The van der Waals surface area contributed by atoms with Gasteiger partial charge in [-0.3, -0.25) is 4.79 Å². The quantitative estimate of drug-likeness (QED) is 0.607. The fourth-order valence-electron chi connectivity index (χ4n) is 2.56. The number of ether oxygens (including phenoxy) is 1. The Morgan fingerprint density at radius 1 is 1.21 bits per heavy atom. The van der Waals surface area contributed by atoms with Crippen molar-refractivity contribution in [1.29, 1.82) is 0 Å². The second kappa shape index (κ2) is 8.09. The Morgan fingerprint density at radius 3 is 2.69 bits per heavy atom. The van der Waals surface area contributed by atoms with Crippen molar-refractivity contribution in [2.24, 2.45) is 10.2 Å². The Labute approximate surface area is 169 Å². The lowest BCUT2D eigenvalue weighted by Crippen LogP contribution is -2.30. The Hall–Kier alpha value is -3.76. The maximum absolute atomic E-state index is 12.0. The van der Waals surface area contributed by atoms with Gasteiger partial charge >= 0.3 is 5.95 Å². The number of amides is 1. The van der Waals surface area contributed by atoms with E-state index in [2.05, 4.69) is 20.8 Å². The van der Waals surface area contributed by atoms with Crippen LogP contribution >= 0.6 is 11.3 Å². The summed E-state index contributed by atoms with van der Waals surface area (Å²) in [4.78, 5) is 21.4. The SMILES string of the molecule is COc1ccc(N2NOC(O)=C2c2csc(N=NC(=O)c3ccccc3)n2)cc1. The topological polar surface area (TPSA) is 109 Å². The number of rotatable bonds is 5. The number of carbonyl (C=O) groups is 1. The number of methoxy groups -OCH3 is 1. The zero-order valence-electron chi connectivity index (χ0n) is 15.1. The van der Waals surface area contributed by atoms with Gasteiger partial charge in [-0.15, -0.1) is 21.6 Å². The predicted molar refractivity (Wildman–Crippen MR) is 107 cm³/mol. The van der Waals surface area contributed by atoms with Crippen LogP contribution in [0.2, 0.25) is 0 Å². The highest BCUT2D eigenvalue weighted by Crippen LogP contribution is 2.33. The van der Waals surface area contributed by atoms with E-state index < -0.39 is 5.91 Å². The van der Waals surface area contributed by atoms with Gasteiger partial charge in [-0.25, -0.2) is 9.99 Å². The first-order chi connectivity index (χ1) is 14.2. The molecule has 2 N–H and O–H groups in total. The Morgan fingerprint density at radius 2 is 1.97 bits per heavy atom. The van der Waals surface area contributed by atoms with Gasteiger partial charge in [0.05, 0.1) is 12.8 Å². The molecule has 10 heteroatoms. The summed E-state index contributed by atoms with van der Waals surface area (Å²) in [6.45, 7) is 0.